The quantitative estimate of drug-likeness (QED) is 0.740. The van der Waals surface area contributed by atoms with Crippen LogP contribution in [0.4, 0.5) is 0 Å². The SMILES string of the molecule is CC1(CNCc2ccccc2)c2ccccc2Oc2ccccc21. The minimum Gasteiger partial charge on any atom is -0.457 e. The Hall–Kier alpha value is -2.58. The van der Waals surface area contributed by atoms with Crippen LogP contribution < -0.4 is 10.1 Å². The molecule has 0 saturated carbocycles. The van der Waals surface area contributed by atoms with Gasteiger partial charge in [-0.3, -0.25) is 0 Å². The van der Waals surface area contributed by atoms with Crippen LogP contribution in [-0.2, 0) is 12.0 Å². The predicted octanol–water partition coefficient (Wildman–Crippen LogP) is 4.89. The van der Waals surface area contributed by atoms with Gasteiger partial charge in [-0.1, -0.05) is 66.7 Å². The molecule has 2 heteroatoms. The van der Waals surface area contributed by atoms with Gasteiger partial charge >= 0.3 is 0 Å². The Labute approximate surface area is 143 Å². The number of hydrogen-bond acceptors (Lipinski definition) is 2. The topological polar surface area (TPSA) is 21.3 Å². The zero-order valence-corrected chi connectivity index (χ0v) is 13.8. The van der Waals surface area contributed by atoms with Gasteiger partial charge in [0.2, 0.25) is 0 Å². The van der Waals surface area contributed by atoms with E-state index in [9.17, 15) is 0 Å². The molecular weight excluding hydrogens is 294 g/mol. The molecule has 0 aliphatic carbocycles. The first kappa shape index (κ1) is 15.0. The number of para-hydroxylation sites is 2. The molecule has 0 saturated heterocycles. The molecule has 0 fully saturated rings. The first-order valence-electron chi connectivity index (χ1n) is 8.39. The molecule has 1 aliphatic rings. The predicted molar refractivity (Wildman–Crippen MR) is 97.6 cm³/mol. The van der Waals surface area contributed by atoms with Gasteiger partial charge in [-0.25, -0.2) is 0 Å². The Kier molecular flexibility index (Phi) is 3.83. The van der Waals surface area contributed by atoms with Crippen molar-refractivity contribution in [1.29, 1.82) is 0 Å². The monoisotopic (exact) mass is 315 g/mol. The van der Waals surface area contributed by atoms with Gasteiger partial charge in [0.05, 0.1) is 0 Å². The van der Waals surface area contributed by atoms with Gasteiger partial charge in [-0.15, -0.1) is 0 Å². The van der Waals surface area contributed by atoms with Crippen LogP contribution in [0.3, 0.4) is 0 Å². The van der Waals surface area contributed by atoms with Crippen molar-refractivity contribution in [2.45, 2.75) is 18.9 Å². The number of ether oxygens (including phenoxy) is 1. The second-order valence-electron chi connectivity index (χ2n) is 6.52. The Morgan fingerprint density at radius 3 is 1.92 bits per heavy atom. The van der Waals surface area contributed by atoms with E-state index in [-0.39, 0.29) is 5.41 Å². The van der Waals surface area contributed by atoms with E-state index in [1.54, 1.807) is 0 Å². The lowest BCUT2D eigenvalue weighted by molar-refractivity contribution is 0.392. The summed E-state index contributed by atoms with van der Waals surface area (Å²) in [6.45, 7) is 4.02. The highest BCUT2D eigenvalue weighted by molar-refractivity contribution is 5.57. The summed E-state index contributed by atoms with van der Waals surface area (Å²) in [6, 6.07) is 27.2. The lowest BCUT2D eigenvalue weighted by Crippen LogP contribution is -2.38. The van der Waals surface area contributed by atoms with Crippen molar-refractivity contribution in [3.05, 3.63) is 95.6 Å². The molecule has 0 amide bonds. The number of rotatable bonds is 4. The van der Waals surface area contributed by atoms with E-state index in [0.717, 1.165) is 24.6 Å². The molecule has 0 unspecified atom stereocenters. The first-order valence-corrected chi connectivity index (χ1v) is 8.39. The lowest BCUT2D eigenvalue weighted by Gasteiger charge is -2.37. The smallest absolute Gasteiger partial charge is 0.131 e. The molecule has 2 nitrogen and oxygen atoms in total. The van der Waals surface area contributed by atoms with E-state index in [1.165, 1.54) is 16.7 Å². The molecule has 0 atom stereocenters. The third-order valence-corrected chi connectivity index (χ3v) is 4.83. The number of fused-ring (bicyclic) bond motifs is 2. The number of benzene rings is 3. The van der Waals surface area contributed by atoms with E-state index in [0.29, 0.717) is 0 Å². The zero-order chi connectivity index (χ0) is 16.4. The molecule has 4 rings (SSSR count). The maximum absolute atomic E-state index is 6.11. The van der Waals surface area contributed by atoms with Crippen molar-refractivity contribution >= 4 is 0 Å². The Morgan fingerprint density at radius 1 is 0.750 bits per heavy atom. The number of nitrogens with one attached hydrogen (secondary N) is 1. The van der Waals surface area contributed by atoms with E-state index in [4.69, 9.17) is 4.74 Å². The molecule has 1 aliphatic heterocycles. The second kappa shape index (κ2) is 6.14. The third-order valence-electron chi connectivity index (χ3n) is 4.83. The fourth-order valence-corrected chi connectivity index (χ4v) is 3.53. The van der Waals surface area contributed by atoms with E-state index >= 15 is 0 Å². The highest BCUT2D eigenvalue weighted by atomic mass is 16.5. The van der Waals surface area contributed by atoms with Gasteiger partial charge in [0, 0.05) is 29.6 Å². The highest BCUT2D eigenvalue weighted by Gasteiger charge is 2.37. The van der Waals surface area contributed by atoms with Gasteiger partial charge in [0.25, 0.3) is 0 Å². The second-order valence-corrected chi connectivity index (χ2v) is 6.52. The van der Waals surface area contributed by atoms with Crippen molar-refractivity contribution in [2.75, 3.05) is 6.54 Å². The summed E-state index contributed by atoms with van der Waals surface area (Å²) in [4.78, 5) is 0. The van der Waals surface area contributed by atoms with Crippen LogP contribution in [0.2, 0.25) is 0 Å². The van der Waals surface area contributed by atoms with Crippen molar-refractivity contribution in [2.24, 2.45) is 0 Å². The highest BCUT2D eigenvalue weighted by Crippen LogP contribution is 2.47. The maximum Gasteiger partial charge on any atom is 0.131 e. The van der Waals surface area contributed by atoms with E-state index in [2.05, 4.69) is 79.0 Å². The Bertz CT molecular complexity index is 796. The van der Waals surface area contributed by atoms with Crippen molar-refractivity contribution in [3.8, 4) is 11.5 Å². The molecular formula is C22H21NO. The molecule has 0 aromatic heterocycles. The molecule has 3 aromatic rings. The largest absolute Gasteiger partial charge is 0.457 e. The summed E-state index contributed by atoms with van der Waals surface area (Å²) in [7, 11) is 0. The van der Waals surface area contributed by atoms with Crippen LogP contribution in [-0.4, -0.2) is 6.54 Å². The van der Waals surface area contributed by atoms with E-state index in [1.807, 2.05) is 12.1 Å². The van der Waals surface area contributed by atoms with Crippen LogP contribution in [0.5, 0.6) is 11.5 Å². The summed E-state index contributed by atoms with van der Waals surface area (Å²) >= 11 is 0. The van der Waals surface area contributed by atoms with Crippen molar-refractivity contribution in [3.63, 3.8) is 0 Å². The van der Waals surface area contributed by atoms with Crippen LogP contribution in [0.1, 0.15) is 23.6 Å². The normalized spacial score (nSPS) is 14.4. The maximum atomic E-state index is 6.11. The molecule has 120 valence electrons. The van der Waals surface area contributed by atoms with Crippen LogP contribution in [0, 0.1) is 0 Å². The lowest BCUT2D eigenvalue weighted by atomic mass is 9.74. The molecule has 0 bridgehead atoms. The fraction of sp³-hybridized carbons (Fsp3) is 0.182. The van der Waals surface area contributed by atoms with Gasteiger partial charge in [0.15, 0.2) is 0 Å². The summed E-state index contributed by atoms with van der Waals surface area (Å²) < 4.78 is 6.11. The zero-order valence-electron chi connectivity index (χ0n) is 13.8. The molecule has 3 aromatic carbocycles. The Balaban J connectivity index is 1.65. The van der Waals surface area contributed by atoms with Gasteiger partial charge in [0.1, 0.15) is 11.5 Å². The van der Waals surface area contributed by atoms with Gasteiger partial charge in [-0.2, -0.15) is 0 Å². The number of hydrogen-bond donors (Lipinski definition) is 1. The summed E-state index contributed by atoms with van der Waals surface area (Å²) in [5.41, 5.74) is 3.67. The average Bonchev–Trinajstić information content (AvgIpc) is 2.63. The molecule has 1 heterocycles. The van der Waals surface area contributed by atoms with E-state index < -0.39 is 0 Å². The third kappa shape index (κ3) is 2.59. The standard InChI is InChI=1S/C22H21NO/c1-22(16-23-15-17-9-3-2-4-10-17)18-11-5-7-13-20(18)24-21-14-8-6-12-19(21)22/h2-14,23H,15-16H2,1H3. The average molecular weight is 315 g/mol. The van der Waals surface area contributed by atoms with Crippen LogP contribution >= 0.6 is 0 Å². The van der Waals surface area contributed by atoms with Gasteiger partial charge in [-0.05, 0) is 24.6 Å². The molecule has 1 N–H and O–H groups in total. The molecule has 24 heavy (non-hydrogen) atoms. The van der Waals surface area contributed by atoms with Crippen molar-refractivity contribution in [1.82, 2.24) is 5.32 Å². The van der Waals surface area contributed by atoms with Crippen LogP contribution in [0.15, 0.2) is 78.9 Å². The summed E-state index contributed by atoms with van der Waals surface area (Å²) in [5, 5.41) is 3.64. The van der Waals surface area contributed by atoms with Crippen molar-refractivity contribution < 1.29 is 4.74 Å². The fourth-order valence-electron chi connectivity index (χ4n) is 3.53. The van der Waals surface area contributed by atoms with Gasteiger partial charge < -0.3 is 10.1 Å². The summed E-state index contributed by atoms with van der Waals surface area (Å²) in [6.07, 6.45) is 0. The molecule has 0 spiro atoms. The minimum absolute atomic E-state index is 0.111. The van der Waals surface area contributed by atoms with Crippen LogP contribution in [0.25, 0.3) is 0 Å². The summed E-state index contributed by atoms with van der Waals surface area (Å²) in [5.74, 6) is 1.92. The minimum atomic E-state index is -0.111. The Morgan fingerprint density at radius 2 is 1.29 bits per heavy atom. The molecule has 0 radical (unpaired) electrons. The first-order chi connectivity index (χ1) is 11.8.